The maximum Gasteiger partial charge on any atom is 0.132 e. The molecule has 0 amide bonds. The molecule has 3 rings (SSSR count). The second kappa shape index (κ2) is 9.63. The van der Waals surface area contributed by atoms with Gasteiger partial charge in [-0.2, -0.15) is 0 Å². The van der Waals surface area contributed by atoms with Crippen LogP contribution >= 0.6 is 11.6 Å². The molecular weight excluding hydrogens is 399 g/mol. The summed E-state index contributed by atoms with van der Waals surface area (Å²) in [5.74, 6) is 0.547. The van der Waals surface area contributed by atoms with Gasteiger partial charge in [-0.3, -0.25) is 9.98 Å². The largest absolute Gasteiger partial charge is 0.328 e. The number of halogens is 2. The van der Waals surface area contributed by atoms with Crippen molar-refractivity contribution in [3.05, 3.63) is 88.9 Å². The van der Waals surface area contributed by atoms with Gasteiger partial charge in [0.25, 0.3) is 0 Å². The molecule has 0 aliphatic rings. The van der Waals surface area contributed by atoms with Gasteiger partial charge in [-0.1, -0.05) is 36.4 Å². The summed E-state index contributed by atoms with van der Waals surface area (Å²) in [6, 6.07) is 6.80. The molecule has 3 aromatic rings. The number of nitrogens with zero attached hydrogens (tertiary/aromatic N) is 4. The van der Waals surface area contributed by atoms with Crippen molar-refractivity contribution in [2.75, 3.05) is 6.54 Å². The van der Waals surface area contributed by atoms with Crippen molar-refractivity contribution in [2.45, 2.75) is 20.3 Å². The topological polar surface area (TPSA) is 43.1 Å². The van der Waals surface area contributed by atoms with Gasteiger partial charge < -0.3 is 4.57 Å². The lowest BCUT2D eigenvalue weighted by Gasteiger charge is -2.09. The smallest absolute Gasteiger partial charge is 0.132 e. The van der Waals surface area contributed by atoms with Crippen LogP contribution in [0.3, 0.4) is 0 Å². The summed E-state index contributed by atoms with van der Waals surface area (Å²) in [6.45, 7) is 8.10. The Labute approximate surface area is 181 Å². The molecule has 0 spiro atoms. The molecule has 30 heavy (non-hydrogen) atoms. The summed E-state index contributed by atoms with van der Waals surface area (Å²) >= 11 is 5.80. The van der Waals surface area contributed by atoms with Crippen molar-refractivity contribution in [3.63, 3.8) is 0 Å². The van der Waals surface area contributed by atoms with E-state index in [0.29, 0.717) is 23.6 Å². The zero-order chi connectivity index (χ0) is 21.7. The first-order chi connectivity index (χ1) is 14.4. The Bertz CT molecular complexity index is 1130. The molecule has 0 bridgehead atoms. The number of pyridine rings is 1. The quantitative estimate of drug-likeness (QED) is 0.355. The standard InChI is InChI=1S/C24H24ClFN4/c1-5-6-7-23-28-15-22(30(23)4)19-12-16(2)24(29-14-19)17(3)27-11-10-18-8-9-20(25)13-21(18)26/h5-9,12-15H,1,10-11H2,2-4H3/b7-6-,27-17?. The lowest BCUT2D eigenvalue weighted by atomic mass is 10.1. The highest BCUT2D eigenvalue weighted by Crippen LogP contribution is 2.22. The molecule has 2 aromatic heterocycles. The van der Waals surface area contributed by atoms with Crippen LogP contribution in [0, 0.1) is 12.7 Å². The molecule has 0 radical (unpaired) electrons. The highest BCUT2D eigenvalue weighted by Gasteiger charge is 2.11. The molecule has 0 aliphatic heterocycles. The van der Waals surface area contributed by atoms with Gasteiger partial charge in [-0.05, 0) is 55.7 Å². The van der Waals surface area contributed by atoms with E-state index in [1.807, 2.05) is 50.0 Å². The molecular formula is C24H24ClFN4. The molecule has 0 saturated carbocycles. The Hall–Kier alpha value is -3.05. The molecule has 0 atom stereocenters. The van der Waals surface area contributed by atoms with Crippen molar-refractivity contribution in [1.82, 2.24) is 14.5 Å². The second-order valence-corrected chi connectivity index (χ2v) is 7.43. The molecule has 6 heteroatoms. The van der Waals surface area contributed by atoms with Crippen LogP contribution in [-0.4, -0.2) is 26.8 Å². The van der Waals surface area contributed by atoms with Crippen LogP contribution < -0.4 is 0 Å². The lowest BCUT2D eigenvalue weighted by molar-refractivity contribution is 0.610. The Morgan fingerprint density at radius 2 is 2.07 bits per heavy atom. The van der Waals surface area contributed by atoms with Gasteiger partial charge in [0.05, 0.1) is 23.3 Å². The minimum absolute atomic E-state index is 0.299. The van der Waals surface area contributed by atoms with Crippen LogP contribution in [0.1, 0.15) is 29.6 Å². The number of hydrogen-bond donors (Lipinski definition) is 0. The van der Waals surface area contributed by atoms with Gasteiger partial charge >= 0.3 is 0 Å². The Kier molecular flexibility index (Phi) is 6.95. The molecule has 0 N–H and O–H groups in total. The average molecular weight is 423 g/mol. The van der Waals surface area contributed by atoms with Crippen molar-refractivity contribution in [3.8, 4) is 11.3 Å². The minimum atomic E-state index is -0.299. The van der Waals surface area contributed by atoms with E-state index in [9.17, 15) is 4.39 Å². The first kappa shape index (κ1) is 21.7. The molecule has 4 nitrogen and oxygen atoms in total. The summed E-state index contributed by atoms with van der Waals surface area (Å²) in [4.78, 5) is 13.7. The number of imidazole rings is 1. The third-order valence-corrected chi connectivity index (χ3v) is 5.10. The molecule has 154 valence electrons. The van der Waals surface area contributed by atoms with E-state index >= 15 is 0 Å². The van der Waals surface area contributed by atoms with Crippen LogP contribution in [0.15, 0.2) is 60.4 Å². The summed E-state index contributed by atoms with van der Waals surface area (Å²) in [5, 5.41) is 0.396. The fourth-order valence-electron chi connectivity index (χ4n) is 3.24. The van der Waals surface area contributed by atoms with Crippen molar-refractivity contribution in [2.24, 2.45) is 12.0 Å². The first-order valence-corrected chi connectivity index (χ1v) is 10.0. The predicted octanol–water partition coefficient (Wildman–Crippen LogP) is 5.83. The van der Waals surface area contributed by atoms with E-state index in [4.69, 9.17) is 11.6 Å². The molecule has 0 unspecified atom stereocenters. The van der Waals surface area contributed by atoms with Crippen LogP contribution in [0.2, 0.25) is 5.02 Å². The number of hydrogen-bond acceptors (Lipinski definition) is 3. The third-order valence-electron chi connectivity index (χ3n) is 4.87. The third kappa shape index (κ3) is 4.92. The summed E-state index contributed by atoms with van der Waals surface area (Å²) in [5.41, 5.74) is 5.26. The number of aliphatic imine (C=N–C) groups is 1. The maximum atomic E-state index is 13.9. The highest BCUT2D eigenvalue weighted by molar-refractivity contribution is 6.30. The molecule has 0 aliphatic carbocycles. The van der Waals surface area contributed by atoms with E-state index in [0.717, 1.165) is 34.1 Å². The van der Waals surface area contributed by atoms with E-state index in [-0.39, 0.29) is 5.82 Å². The first-order valence-electron chi connectivity index (χ1n) is 9.64. The van der Waals surface area contributed by atoms with E-state index in [1.54, 1.807) is 18.2 Å². The molecule has 2 heterocycles. The van der Waals surface area contributed by atoms with Gasteiger partial charge in [-0.25, -0.2) is 9.37 Å². The summed E-state index contributed by atoms with van der Waals surface area (Å²) in [6.07, 6.45) is 9.66. The van der Waals surface area contributed by atoms with Gasteiger partial charge in [0.15, 0.2) is 0 Å². The minimum Gasteiger partial charge on any atom is -0.328 e. The van der Waals surface area contributed by atoms with Crippen LogP contribution in [-0.2, 0) is 13.5 Å². The SMILES string of the molecule is C=C/C=C\c1ncc(-c2cnc(C(C)=NCCc3ccc(Cl)cc3F)c(C)c2)n1C. The van der Waals surface area contributed by atoms with Crippen LogP contribution in [0.25, 0.3) is 17.3 Å². The van der Waals surface area contributed by atoms with Crippen molar-refractivity contribution in [1.29, 1.82) is 0 Å². The number of benzene rings is 1. The number of rotatable bonds is 7. The number of allylic oxidation sites excluding steroid dienone is 2. The van der Waals surface area contributed by atoms with Crippen molar-refractivity contribution < 1.29 is 4.39 Å². The fraction of sp³-hybridized carbons (Fsp3) is 0.208. The second-order valence-electron chi connectivity index (χ2n) is 7.00. The van der Waals surface area contributed by atoms with Crippen LogP contribution in [0.4, 0.5) is 4.39 Å². The number of aryl methyl sites for hydroxylation is 1. The van der Waals surface area contributed by atoms with Gasteiger partial charge in [0, 0.05) is 30.4 Å². The Balaban J connectivity index is 1.76. The highest BCUT2D eigenvalue weighted by atomic mass is 35.5. The summed E-state index contributed by atoms with van der Waals surface area (Å²) in [7, 11) is 1.97. The van der Waals surface area contributed by atoms with Gasteiger partial charge in [0.2, 0.25) is 0 Å². The van der Waals surface area contributed by atoms with Gasteiger partial charge in [-0.15, -0.1) is 0 Å². The fourth-order valence-corrected chi connectivity index (χ4v) is 3.40. The van der Waals surface area contributed by atoms with Gasteiger partial charge in [0.1, 0.15) is 11.6 Å². The Morgan fingerprint density at radius 3 is 2.77 bits per heavy atom. The van der Waals surface area contributed by atoms with Crippen LogP contribution in [0.5, 0.6) is 0 Å². The molecule has 1 aromatic carbocycles. The molecule has 0 saturated heterocycles. The average Bonchev–Trinajstić information content (AvgIpc) is 3.08. The zero-order valence-corrected chi connectivity index (χ0v) is 18.1. The number of aromatic nitrogens is 3. The molecule has 0 fully saturated rings. The predicted molar refractivity (Wildman–Crippen MR) is 123 cm³/mol. The van der Waals surface area contributed by atoms with E-state index in [1.165, 1.54) is 6.07 Å². The lowest BCUT2D eigenvalue weighted by Crippen LogP contribution is -2.05. The summed E-state index contributed by atoms with van der Waals surface area (Å²) < 4.78 is 15.9. The zero-order valence-electron chi connectivity index (χ0n) is 17.4. The van der Waals surface area contributed by atoms with E-state index < -0.39 is 0 Å². The Morgan fingerprint density at radius 1 is 1.27 bits per heavy atom. The maximum absolute atomic E-state index is 13.9. The van der Waals surface area contributed by atoms with E-state index in [2.05, 4.69) is 27.6 Å². The normalized spacial score (nSPS) is 12.0. The monoisotopic (exact) mass is 422 g/mol. The van der Waals surface area contributed by atoms with Crippen molar-refractivity contribution >= 4 is 23.4 Å².